The topological polar surface area (TPSA) is 0 Å². The third kappa shape index (κ3) is 1.25. The zero-order chi connectivity index (χ0) is 7.84. The zero-order valence-electron chi connectivity index (χ0n) is 6.71. The molecule has 1 fully saturated rings. The summed E-state index contributed by atoms with van der Waals surface area (Å²) in [4.78, 5) is 0. The van der Waals surface area contributed by atoms with Gasteiger partial charge in [-0.1, -0.05) is 12.2 Å². The number of thiophene rings is 1. The van der Waals surface area contributed by atoms with Crippen LogP contribution in [0.4, 0.5) is 0 Å². The molecule has 1 saturated carbocycles. The minimum absolute atomic E-state index is 0.782. The van der Waals surface area contributed by atoms with Gasteiger partial charge in [-0.05, 0) is 47.6 Å². The van der Waals surface area contributed by atoms with E-state index in [0.29, 0.717) is 0 Å². The summed E-state index contributed by atoms with van der Waals surface area (Å²) in [6, 6.07) is 2.23. The maximum Gasteiger partial charge on any atom is -0.00582 e. The average Bonchev–Trinajstić information content (AvgIpc) is 2.60. The summed E-state index contributed by atoms with van der Waals surface area (Å²) in [5.74, 6) is 1.59. The predicted molar refractivity (Wildman–Crippen MR) is 50.0 cm³/mol. The lowest BCUT2D eigenvalue weighted by Gasteiger charge is -1.94. The highest BCUT2D eigenvalue weighted by atomic mass is 32.1. The van der Waals surface area contributed by atoms with Crippen molar-refractivity contribution in [1.29, 1.82) is 0 Å². The first-order chi connectivity index (χ1) is 5.29. The molecule has 58 valence electrons. The highest BCUT2D eigenvalue weighted by Gasteiger charge is 2.38. The van der Waals surface area contributed by atoms with Crippen LogP contribution in [0.2, 0.25) is 0 Å². The van der Waals surface area contributed by atoms with Crippen molar-refractivity contribution in [3.05, 3.63) is 34.5 Å². The van der Waals surface area contributed by atoms with Crippen LogP contribution in [-0.4, -0.2) is 0 Å². The zero-order valence-corrected chi connectivity index (χ0v) is 7.53. The molecule has 1 heteroatoms. The van der Waals surface area contributed by atoms with Crippen LogP contribution in [0.15, 0.2) is 29.0 Å². The van der Waals surface area contributed by atoms with Crippen LogP contribution >= 0.6 is 11.3 Å². The van der Waals surface area contributed by atoms with E-state index >= 15 is 0 Å². The molecule has 0 amide bonds. The molecule has 0 nitrogen and oxygen atoms in total. The summed E-state index contributed by atoms with van der Waals surface area (Å²) in [6.07, 6.45) is 1.33. The van der Waals surface area contributed by atoms with Crippen molar-refractivity contribution in [3.63, 3.8) is 0 Å². The van der Waals surface area contributed by atoms with Crippen molar-refractivity contribution in [2.24, 2.45) is 5.92 Å². The van der Waals surface area contributed by atoms with Crippen LogP contribution in [0.1, 0.15) is 24.8 Å². The van der Waals surface area contributed by atoms with Crippen molar-refractivity contribution in [2.45, 2.75) is 19.3 Å². The van der Waals surface area contributed by atoms with Gasteiger partial charge >= 0.3 is 0 Å². The van der Waals surface area contributed by atoms with Crippen molar-refractivity contribution in [2.75, 3.05) is 0 Å². The molecule has 0 bridgehead atoms. The summed E-state index contributed by atoms with van der Waals surface area (Å²) >= 11 is 1.79. The van der Waals surface area contributed by atoms with E-state index in [1.165, 1.54) is 17.6 Å². The van der Waals surface area contributed by atoms with Crippen LogP contribution in [0.5, 0.6) is 0 Å². The number of allylic oxidation sites excluding steroid dienone is 1. The van der Waals surface area contributed by atoms with E-state index in [4.69, 9.17) is 0 Å². The minimum Gasteiger partial charge on any atom is -0.152 e. The molecule has 1 heterocycles. The Balaban J connectivity index is 2.08. The van der Waals surface area contributed by atoms with Gasteiger partial charge in [0.15, 0.2) is 0 Å². The van der Waals surface area contributed by atoms with E-state index < -0.39 is 0 Å². The van der Waals surface area contributed by atoms with E-state index in [9.17, 15) is 0 Å². The van der Waals surface area contributed by atoms with Crippen molar-refractivity contribution >= 4 is 11.3 Å². The standard InChI is InChI=1S/C10H12S/c1-7(2)9-5-10(9)8-3-4-11-6-8/h3-4,6,9-10H,1,5H2,2H3. The number of rotatable bonds is 2. The molecule has 0 aliphatic heterocycles. The smallest absolute Gasteiger partial charge is 0.00582 e. The molecule has 0 radical (unpaired) electrons. The molecule has 0 aromatic carbocycles. The Kier molecular flexibility index (Phi) is 1.61. The number of hydrogen-bond acceptors (Lipinski definition) is 1. The van der Waals surface area contributed by atoms with Gasteiger partial charge in [0.2, 0.25) is 0 Å². The third-order valence-electron chi connectivity index (χ3n) is 2.39. The minimum atomic E-state index is 0.782. The Labute approximate surface area is 71.6 Å². The Morgan fingerprint density at radius 1 is 1.73 bits per heavy atom. The summed E-state index contributed by atoms with van der Waals surface area (Å²) in [5, 5.41) is 4.41. The van der Waals surface area contributed by atoms with Gasteiger partial charge in [0, 0.05) is 0 Å². The lowest BCUT2D eigenvalue weighted by Crippen LogP contribution is -1.80. The molecule has 2 unspecified atom stereocenters. The normalized spacial score (nSPS) is 28.5. The molecule has 1 aromatic heterocycles. The van der Waals surface area contributed by atoms with Crippen LogP contribution in [-0.2, 0) is 0 Å². The molecule has 1 aliphatic rings. The molecule has 11 heavy (non-hydrogen) atoms. The fourth-order valence-corrected chi connectivity index (χ4v) is 2.32. The first-order valence-corrected chi connectivity index (χ1v) is 4.91. The molecule has 0 spiro atoms. The fraction of sp³-hybridized carbons (Fsp3) is 0.400. The summed E-state index contributed by atoms with van der Waals surface area (Å²) < 4.78 is 0. The van der Waals surface area contributed by atoms with Crippen LogP contribution < -0.4 is 0 Å². The van der Waals surface area contributed by atoms with E-state index in [-0.39, 0.29) is 0 Å². The summed E-state index contributed by atoms with van der Waals surface area (Å²) in [6.45, 7) is 6.12. The second-order valence-electron chi connectivity index (χ2n) is 3.35. The van der Waals surface area contributed by atoms with Gasteiger partial charge in [0.25, 0.3) is 0 Å². The van der Waals surface area contributed by atoms with Gasteiger partial charge in [0.05, 0.1) is 0 Å². The SMILES string of the molecule is C=C(C)C1CC1c1ccsc1. The molecule has 0 saturated heterocycles. The Morgan fingerprint density at radius 3 is 3.00 bits per heavy atom. The largest absolute Gasteiger partial charge is 0.152 e. The first kappa shape index (κ1) is 7.11. The molecular weight excluding hydrogens is 152 g/mol. The highest BCUT2D eigenvalue weighted by molar-refractivity contribution is 7.08. The maximum absolute atomic E-state index is 3.98. The molecule has 0 N–H and O–H groups in total. The van der Waals surface area contributed by atoms with Gasteiger partial charge in [-0.2, -0.15) is 11.3 Å². The van der Waals surface area contributed by atoms with Crippen molar-refractivity contribution in [3.8, 4) is 0 Å². The summed E-state index contributed by atoms with van der Waals surface area (Å²) in [7, 11) is 0. The van der Waals surface area contributed by atoms with Crippen LogP contribution in [0.25, 0.3) is 0 Å². The highest BCUT2D eigenvalue weighted by Crippen LogP contribution is 2.51. The van der Waals surface area contributed by atoms with Crippen LogP contribution in [0, 0.1) is 5.92 Å². The second kappa shape index (κ2) is 2.49. The third-order valence-corrected chi connectivity index (χ3v) is 3.10. The van der Waals surface area contributed by atoms with E-state index in [0.717, 1.165) is 11.8 Å². The van der Waals surface area contributed by atoms with E-state index in [1.54, 1.807) is 11.3 Å². The first-order valence-electron chi connectivity index (χ1n) is 3.96. The molecule has 2 rings (SSSR count). The van der Waals surface area contributed by atoms with Gasteiger partial charge in [0.1, 0.15) is 0 Å². The molecule has 2 atom stereocenters. The van der Waals surface area contributed by atoms with Gasteiger partial charge in [-0.25, -0.2) is 0 Å². The Morgan fingerprint density at radius 2 is 2.55 bits per heavy atom. The molecule has 1 aromatic rings. The van der Waals surface area contributed by atoms with E-state index in [1.807, 2.05) is 0 Å². The average molecular weight is 164 g/mol. The molecule has 1 aliphatic carbocycles. The lowest BCUT2D eigenvalue weighted by atomic mass is 10.1. The molecular formula is C10H12S. The van der Waals surface area contributed by atoms with Gasteiger partial charge in [-0.3, -0.25) is 0 Å². The van der Waals surface area contributed by atoms with E-state index in [2.05, 4.69) is 30.3 Å². The summed E-state index contributed by atoms with van der Waals surface area (Å²) in [5.41, 5.74) is 2.86. The van der Waals surface area contributed by atoms with Crippen molar-refractivity contribution in [1.82, 2.24) is 0 Å². The Bertz CT molecular complexity index is 258. The predicted octanol–water partition coefficient (Wildman–Crippen LogP) is 3.43. The monoisotopic (exact) mass is 164 g/mol. The Hall–Kier alpha value is -0.560. The number of hydrogen-bond donors (Lipinski definition) is 0. The van der Waals surface area contributed by atoms with Crippen LogP contribution in [0.3, 0.4) is 0 Å². The lowest BCUT2D eigenvalue weighted by molar-refractivity contribution is 0.948. The van der Waals surface area contributed by atoms with Crippen molar-refractivity contribution < 1.29 is 0 Å². The maximum atomic E-state index is 3.98. The van der Waals surface area contributed by atoms with Gasteiger partial charge in [-0.15, -0.1) is 0 Å². The fourth-order valence-electron chi connectivity index (χ4n) is 1.59. The van der Waals surface area contributed by atoms with Gasteiger partial charge < -0.3 is 0 Å². The second-order valence-corrected chi connectivity index (χ2v) is 4.13. The quantitative estimate of drug-likeness (QED) is 0.587.